The van der Waals surface area contributed by atoms with Crippen molar-refractivity contribution in [3.63, 3.8) is 0 Å². The van der Waals surface area contributed by atoms with E-state index in [1.54, 1.807) is 31.2 Å². The maximum absolute atomic E-state index is 13.3. The molecule has 0 fully saturated rings. The van der Waals surface area contributed by atoms with Crippen LogP contribution in [0.15, 0.2) is 55.2 Å². The van der Waals surface area contributed by atoms with Crippen molar-refractivity contribution in [2.24, 2.45) is 5.10 Å². The van der Waals surface area contributed by atoms with E-state index in [-0.39, 0.29) is 11.5 Å². The number of nitrogens with zero attached hydrogens (tertiary/aromatic N) is 3. The Morgan fingerprint density at radius 3 is 2.56 bits per heavy atom. The van der Waals surface area contributed by atoms with Crippen LogP contribution in [0, 0.1) is 0 Å². The molecule has 9 heteroatoms. The molecule has 0 aliphatic rings. The van der Waals surface area contributed by atoms with Gasteiger partial charge < -0.3 is 9.47 Å². The fourth-order valence-electron chi connectivity index (χ4n) is 3.03. The monoisotopic (exact) mass is 563 g/mol. The number of fused-ring (bicyclic) bond motifs is 1. The Labute approximate surface area is 202 Å². The van der Waals surface area contributed by atoms with E-state index in [0.717, 1.165) is 15.4 Å². The quantitative estimate of drug-likeness (QED) is 0.289. The SMILES string of the molecule is CC[C@@H](C)c1nc2ccc(Br)cc2c(=O)n1N=Cc1cc(Br)ccc1O[C@@H](C)C(=O)OC. The van der Waals surface area contributed by atoms with Gasteiger partial charge in [-0.3, -0.25) is 4.79 Å². The molecule has 0 unspecified atom stereocenters. The smallest absolute Gasteiger partial charge is 0.346 e. The van der Waals surface area contributed by atoms with Crippen molar-refractivity contribution in [1.82, 2.24) is 9.66 Å². The molecule has 0 amide bonds. The molecule has 0 spiro atoms. The molecule has 0 N–H and O–H groups in total. The van der Waals surface area contributed by atoms with Crippen LogP contribution < -0.4 is 10.3 Å². The minimum atomic E-state index is -0.800. The Hall–Kier alpha value is -2.52. The summed E-state index contributed by atoms with van der Waals surface area (Å²) in [6, 6.07) is 10.7. The molecule has 0 aliphatic heterocycles. The first-order chi connectivity index (χ1) is 15.2. The third-order valence-corrected chi connectivity index (χ3v) is 5.99. The number of ether oxygens (including phenoxy) is 2. The predicted octanol–water partition coefficient (Wildman–Crippen LogP) is 5.26. The Morgan fingerprint density at radius 1 is 1.19 bits per heavy atom. The summed E-state index contributed by atoms with van der Waals surface area (Å²) in [6.45, 7) is 5.64. The summed E-state index contributed by atoms with van der Waals surface area (Å²) in [5.74, 6) is 0.536. The first-order valence-electron chi connectivity index (χ1n) is 10.1. The number of esters is 1. The van der Waals surface area contributed by atoms with Gasteiger partial charge in [0.1, 0.15) is 11.6 Å². The van der Waals surface area contributed by atoms with Gasteiger partial charge in [0.2, 0.25) is 0 Å². The second-order valence-electron chi connectivity index (χ2n) is 7.27. The zero-order valence-electron chi connectivity index (χ0n) is 18.1. The van der Waals surface area contributed by atoms with Gasteiger partial charge >= 0.3 is 5.97 Å². The summed E-state index contributed by atoms with van der Waals surface area (Å²) in [7, 11) is 1.31. The molecular weight excluding hydrogens is 542 g/mol. The molecule has 1 aromatic heterocycles. The van der Waals surface area contributed by atoms with Gasteiger partial charge in [-0.2, -0.15) is 9.78 Å². The Bertz CT molecular complexity index is 1240. The molecule has 0 saturated carbocycles. The van der Waals surface area contributed by atoms with Gasteiger partial charge in [-0.05, 0) is 49.7 Å². The van der Waals surface area contributed by atoms with Crippen LogP contribution in [0.3, 0.4) is 0 Å². The average molecular weight is 565 g/mol. The lowest BCUT2D eigenvalue weighted by molar-refractivity contribution is -0.147. The number of hydrogen-bond acceptors (Lipinski definition) is 6. The standard InChI is InChI=1S/C23H23Br2N3O4/c1-5-13(2)21-27-19-8-6-17(25)11-18(19)22(29)28(21)26-12-15-10-16(24)7-9-20(15)32-14(3)23(30)31-4/h6-14H,5H2,1-4H3/t13-,14+/m1/s1. The molecule has 0 saturated heterocycles. The first kappa shape index (κ1) is 24.1. The van der Waals surface area contributed by atoms with Crippen LogP contribution in [0.1, 0.15) is 44.5 Å². The fourth-order valence-corrected chi connectivity index (χ4v) is 3.77. The van der Waals surface area contributed by atoms with Crippen molar-refractivity contribution in [1.29, 1.82) is 0 Å². The van der Waals surface area contributed by atoms with Gasteiger partial charge in [0, 0.05) is 20.4 Å². The molecule has 7 nitrogen and oxygen atoms in total. The van der Waals surface area contributed by atoms with Crippen molar-refractivity contribution in [2.75, 3.05) is 7.11 Å². The number of benzene rings is 2. The Kier molecular flexibility index (Phi) is 7.84. The number of carbonyl (C=O) groups is 1. The third-order valence-electron chi connectivity index (χ3n) is 5.01. The number of carbonyl (C=O) groups excluding carboxylic acids is 1. The molecule has 168 valence electrons. The van der Waals surface area contributed by atoms with E-state index in [9.17, 15) is 9.59 Å². The number of hydrogen-bond donors (Lipinski definition) is 0. The van der Waals surface area contributed by atoms with E-state index >= 15 is 0 Å². The minimum absolute atomic E-state index is 0.0190. The van der Waals surface area contributed by atoms with Gasteiger partial charge in [-0.25, -0.2) is 9.78 Å². The molecule has 2 atom stereocenters. The van der Waals surface area contributed by atoms with Crippen molar-refractivity contribution in [3.8, 4) is 5.75 Å². The first-order valence-corrected chi connectivity index (χ1v) is 11.6. The predicted molar refractivity (Wildman–Crippen MR) is 132 cm³/mol. The molecule has 2 aromatic carbocycles. The molecule has 0 bridgehead atoms. The van der Waals surface area contributed by atoms with E-state index in [0.29, 0.717) is 28.0 Å². The van der Waals surface area contributed by atoms with Crippen LogP contribution >= 0.6 is 31.9 Å². The largest absolute Gasteiger partial charge is 0.478 e. The summed E-state index contributed by atoms with van der Waals surface area (Å²) >= 11 is 6.85. The van der Waals surface area contributed by atoms with Gasteiger partial charge in [0.25, 0.3) is 5.56 Å². The van der Waals surface area contributed by atoms with Crippen LogP contribution in [0.2, 0.25) is 0 Å². The van der Waals surface area contributed by atoms with Crippen molar-refractivity contribution >= 4 is 54.9 Å². The third kappa shape index (κ3) is 5.27. The number of rotatable bonds is 7. The molecule has 3 aromatic rings. The van der Waals surface area contributed by atoms with E-state index in [1.807, 2.05) is 26.0 Å². The molecule has 0 radical (unpaired) electrons. The lowest BCUT2D eigenvalue weighted by atomic mass is 10.1. The highest BCUT2D eigenvalue weighted by atomic mass is 79.9. The Balaban J connectivity index is 2.12. The van der Waals surface area contributed by atoms with Crippen molar-refractivity contribution in [2.45, 2.75) is 39.2 Å². The highest BCUT2D eigenvalue weighted by Crippen LogP contribution is 2.24. The molecule has 32 heavy (non-hydrogen) atoms. The zero-order chi connectivity index (χ0) is 23.4. The second kappa shape index (κ2) is 10.4. The van der Waals surface area contributed by atoms with Crippen LogP contribution in [-0.4, -0.2) is 35.1 Å². The fraction of sp³-hybridized carbons (Fsp3) is 0.304. The number of aromatic nitrogens is 2. The second-order valence-corrected chi connectivity index (χ2v) is 9.10. The Morgan fingerprint density at radius 2 is 1.88 bits per heavy atom. The van der Waals surface area contributed by atoms with Crippen molar-refractivity contribution in [3.05, 3.63) is 67.1 Å². The maximum Gasteiger partial charge on any atom is 0.346 e. The minimum Gasteiger partial charge on any atom is -0.478 e. The summed E-state index contributed by atoms with van der Waals surface area (Å²) in [5, 5.41) is 4.95. The van der Waals surface area contributed by atoms with E-state index in [1.165, 1.54) is 18.0 Å². The van der Waals surface area contributed by atoms with Gasteiger partial charge in [0.15, 0.2) is 6.10 Å². The number of halogens is 2. The molecule has 0 aliphatic carbocycles. The summed E-state index contributed by atoms with van der Waals surface area (Å²) < 4.78 is 13.4. The summed E-state index contributed by atoms with van der Waals surface area (Å²) in [5.41, 5.74) is 0.952. The number of methoxy groups -OCH3 is 1. The van der Waals surface area contributed by atoms with Crippen LogP contribution in [0.4, 0.5) is 0 Å². The van der Waals surface area contributed by atoms with E-state index < -0.39 is 12.1 Å². The van der Waals surface area contributed by atoms with Crippen LogP contribution in [0.25, 0.3) is 10.9 Å². The molecule has 3 rings (SSSR count). The lowest BCUT2D eigenvalue weighted by Gasteiger charge is -2.15. The normalized spacial score (nSPS) is 13.3. The van der Waals surface area contributed by atoms with E-state index in [2.05, 4.69) is 37.0 Å². The topological polar surface area (TPSA) is 82.8 Å². The van der Waals surface area contributed by atoms with E-state index in [4.69, 9.17) is 14.5 Å². The van der Waals surface area contributed by atoms with Gasteiger partial charge in [-0.1, -0.05) is 45.7 Å². The summed E-state index contributed by atoms with van der Waals surface area (Å²) in [6.07, 6.45) is 1.53. The van der Waals surface area contributed by atoms with Crippen LogP contribution in [0.5, 0.6) is 5.75 Å². The highest BCUT2D eigenvalue weighted by Gasteiger charge is 2.18. The average Bonchev–Trinajstić information content (AvgIpc) is 2.78. The summed E-state index contributed by atoms with van der Waals surface area (Å²) in [4.78, 5) is 29.8. The molecular formula is C23H23Br2N3O4. The zero-order valence-corrected chi connectivity index (χ0v) is 21.3. The lowest BCUT2D eigenvalue weighted by Crippen LogP contribution is -2.25. The highest BCUT2D eigenvalue weighted by molar-refractivity contribution is 9.10. The maximum atomic E-state index is 13.3. The van der Waals surface area contributed by atoms with Crippen LogP contribution in [-0.2, 0) is 9.53 Å². The van der Waals surface area contributed by atoms with Crippen molar-refractivity contribution < 1.29 is 14.3 Å². The molecule has 1 heterocycles. The van der Waals surface area contributed by atoms with Gasteiger partial charge in [0.05, 0.1) is 24.2 Å². The van der Waals surface area contributed by atoms with Gasteiger partial charge in [-0.15, -0.1) is 0 Å².